The van der Waals surface area contributed by atoms with E-state index in [0.29, 0.717) is 22.0 Å². The molecule has 1 atom stereocenters. The molecule has 0 spiro atoms. The summed E-state index contributed by atoms with van der Waals surface area (Å²) in [6.45, 7) is 0. The Morgan fingerprint density at radius 2 is 2.18 bits per heavy atom. The maximum absolute atomic E-state index is 13.9. The summed E-state index contributed by atoms with van der Waals surface area (Å²) in [5.41, 5.74) is 0.613. The van der Waals surface area contributed by atoms with Gasteiger partial charge in [0.2, 0.25) is 0 Å². The van der Waals surface area contributed by atoms with E-state index in [4.69, 9.17) is 4.74 Å². The predicted molar refractivity (Wildman–Crippen MR) is 83.8 cm³/mol. The van der Waals surface area contributed by atoms with Crippen LogP contribution in [0.2, 0.25) is 0 Å². The highest BCUT2D eigenvalue weighted by Gasteiger charge is 2.49. The molecule has 0 amide bonds. The van der Waals surface area contributed by atoms with Crippen molar-refractivity contribution in [2.45, 2.75) is 23.3 Å². The molecule has 116 valence electrons. The van der Waals surface area contributed by atoms with Gasteiger partial charge in [0.15, 0.2) is 0 Å². The second-order valence-corrected chi connectivity index (χ2v) is 6.70. The molecule has 0 bridgehead atoms. The summed E-state index contributed by atoms with van der Waals surface area (Å²) in [5.74, 6) is -2.41. The van der Waals surface area contributed by atoms with Crippen molar-refractivity contribution in [2.75, 3.05) is 6.26 Å². The number of fused-ring (bicyclic) bond motifs is 1. The van der Waals surface area contributed by atoms with E-state index < -0.39 is 18.4 Å². The number of aliphatic hydroxyl groups is 1. The quantitative estimate of drug-likeness (QED) is 0.782. The predicted octanol–water partition coefficient (Wildman–Crippen LogP) is 4.58. The number of hydrogen-bond acceptors (Lipinski definition) is 4. The number of thioether (sulfide) groups is 1. The molecule has 1 aliphatic rings. The van der Waals surface area contributed by atoms with Gasteiger partial charge in [0.05, 0.1) is 6.20 Å². The summed E-state index contributed by atoms with van der Waals surface area (Å²) in [6, 6.07) is 5.04. The maximum Gasteiger partial charge on any atom is 0.281 e. The molecule has 0 aliphatic heterocycles. The Bertz CT molecular complexity index is 727. The van der Waals surface area contributed by atoms with Crippen LogP contribution in [0.5, 0.6) is 11.5 Å². The van der Waals surface area contributed by atoms with Crippen LogP contribution >= 0.6 is 27.7 Å². The van der Waals surface area contributed by atoms with Crippen molar-refractivity contribution in [1.82, 2.24) is 4.98 Å². The first-order chi connectivity index (χ1) is 10.4. The van der Waals surface area contributed by atoms with E-state index in [1.165, 1.54) is 18.0 Å². The summed E-state index contributed by atoms with van der Waals surface area (Å²) < 4.78 is 34.2. The Labute approximate surface area is 138 Å². The molecule has 1 unspecified atom stereocenters. The summed E-state index contributed by atoms with van der Waals surface area (Å²) >= 11 is 4.61. The van der Waals surface area contributed by atoms with Gasteiger partial charge in [-0.25, -0.2) is 8.78 Å². The zero-order valence-corrected chi connectivity index (χ0v) is 13.9. The van der Waals surface area contributed by atoms with E-state index in [0.717, 1.165) is 4.47 Å². The average molecular weight is 388 g/mol. The first kappa shape index (κ1) is 15.7. The van der Waals surface area contributed by atoms with Crippen molar-refractivity contribution in [2.24, 2.45) is 0 Å². The van der Waals surface area contributed by atoms with Gasteiger partial charge in [0, 0.05) is 33.1 Å². The SMILES string of the molecule is CSc1ccc(Oc2cncc(Br)c2)c2c1C(O)C(F)(F)C2. The van der Waals surface area contributed by atoms with Gasteiger partial charge in [0.25, 0.3) is 5.92 Å². The Hall–Kier alpha value is -1.18. The van der Waals surface area contributed by atoms with Crippen LogP contribution in [0.25, 0.3) is 0 Å². The summed E-state index contributed by atoms with van der Waals surface area (Å²) in [6.07, 6.45) is 2.57. The lowest BCUT2D eigenvalue weighted by molar-refractivity contribution is -0.0976. The molecule has 1 heterocycles. The highest BCUT2D eigenvalue weighted by Crippen LogP contribution is 2.50. The number of halogens is 3. The zero-order chi connectivity index (χ0) is 15.9. The van der Waals surface area contributed by atoms with Gasteiger partial charge in [0.1, 0.15) is 17.6 Å². The summed E-state index contributed by atoms with van der Waals surface area (Å²) in [4.78, 5) is 4.62. The molecular weight excluding hydrogens is 376 g/mol. The fourth-order valence-corrected chi connectivity index (χ4v) is 3.50. The van der Waals surface area contributed by atoms with Gasteiger partial charge in [-0.1, -0.05) is 0 Å². The molecule has 0 saturated heterocycles. The minimum atomic E-state index is -3.18. The van der Waals surface area contributed by atoms with Crippen molar-refractivity contribution in [1.29, 1.82) is 0 Å². The Balaban J connectivity index is 2.05. The number of pyridine rings is 1. The minimum absolute atomic E-state index is 0.262. The lowest BCUT2D eigenvalue weighted by Gasteiger charge is -2.15. The standard InChI is InChI=1S/C15H12BrF2NO2S/c1-22-12-3-2-11(21-9-4-8(16)6-19-7-9)10-5-15(17,18)14(20)13(10)12/h2-4,6-7,14,20H,5H2,1H3. The number of benzene rings is 1. The Morgan fingerprint density at radius 3 is 2.86 bits per heavy atom. The second-order valence-electron chi connectivity index (χ2n) is 4.94. The Kier molecular flexibility index (Phi) is 4.13. The molecule has 7 heteroatoms. The lowest BCUT2D eigenvalue weighted by Crippen LogP contribution is -2.21. The molecule has 0 radical (unpaired) electrons. The molecule has 0 fully saturated rings. The van der Waals surface area contributed by atoms with Crippen molar-refractivity contribution in [3.05, 3.63) is 46.2 Å². The number of nitrogens with zero attached hydrogens (tertiary/aromatic N) is 1. The molecule has 1 aliphatic carbocycles. The molecule has 1 aromatic carbocycles. The minimum Gasteiger partial charge on any atom is -0.455 e. The van der Waals surface area contributed by atoms with E-state index >= 15 is 0 Å². The highest BCUT2D eigenvalue weighted by molar-refractivity contribution is 9.10. The third-order valence-electron chi connectivity index (χ3n) is 3.49. The third kappa shape index (κ3) is 2.73. The smallest absolute Gasteiger partial charge is 0.281 e. The van der Waals surface area contributed by atoms with Crippen molar-refractivity contribution in [3.63, 3.8) is 0 Å². The number of ether oxygens (including phenoxy) is 1. The van der Waals surface area contributed by atoms with Crippen molar-refractivity contribution < 1.29 is 18.6 Å². The molecule has 0 saturated carbocycles. The highest BCUT2D eigenvalue weighted by atomic mass is 79.9. The van der Waals surface area contributed by atoms with E-state index in [-0.39, 0.29) is 5.56 Å². The number of alkyl halides is 2. The molecule has 3 nitrogen and oxygen atoms in total. The summed E-state index contributed by atoms with van der Waals surface area (Å²) in [5, 5.41) is 9.92. The van der Waals surface area contributed by atoms with Crippen molar-refractivity contribution >= 4 is 27.7 Å². The molecule has 2 aromatic rings. The lowest BCUT2D eigenvalue weighted by atomic mass is 10.1. The van der Waals surface area contributed by atoms with E-state index in [2.05, 4.69) is 20.9 Å². The van der Waals surface area contributed by atoms with Crippen molar-refractivity contribution in [3.8, 4) is 11.5 Å². The van der Waals surface area contributed by atoms with Crippen LogP contribution in [0.4, 0.5) is 8.78 Å². The molecular formula is C15H12BrF2NO2S. The topological polar surface area (TPSA) is 42.4 Å². The van der Waals surface area contributed by atoms with Crippen LogP contribution < -0.4 is 4.74 Å². The number of rotatable bonds is 3. The average Bonchev–Trinajstić information content (AvgIpc) is 2.71. The molecule has 1 N–H and O–H groups in total. The summed E-state index contributed by atoms with van der Waals surface area (Å²) in [7, 11) is 0. The first-order valence-electron chi connectivity index (χ1n) is 6.46. The maximum atomic E-state index is 13.9. The fraction of sp³-hybridized carbons (Fsp3) is 0.267. The van der Waals surface area contributed by atoms with Gasteiger partial charge in [-0.05, 0) is 40.4 Å². The van der Waals surface area contributed by atoms with E-state index in [9.17, 15) is 13.9 Å². The van der Waals surface area contributed by atoms with Crippen LogP contribution in [0, 0.1) is 0 Å². The van der Waals surface area contributed by atoms with Crippen LogP contribution in [-0.2, 0) is 6.42 Å². The Morgan fingerprint density at radius 1 is 1.41 bits per heavy atom. The van der Waals surface area contributed by atoms with E-state index in [1.807, 2.05) is 0 Å². The first-order valence-corrected chi connectivity index (χ1v) is 8.48. The van der Waals surface area contributed by atoms with Crippen LogP contribution in [0.1, 0.15) is 17.2 Å². The van der Waals surface area contributed by atoms with Crippen LogP contribution in [-0.4, -0.2) is 22.3 Å². The van der Waals surface area contributed by atoms with Gasteiger partial charge >= 0.3 is 0 Å². The van der Waals surface area contributed by atoms with Gasteiger partial charge in [-0.15, -0.1) is 11.8 Å². The molecule has 1 aromatic heterocycles. The number of hydrogen-bond donors (Lipinski definition) is 1. The van der Waals surface area contributed by atoms with E-state index in [1.54, 1.807) is 30.7 Å². The monoisotopic (exact) mass is 387 g/mol. The number of aromatic nitrogens is 1. The largest absolute Gasteiger partial charge is 0.455 e. The fourth-order valence-electron chi connectivity index (χ4n) is 2.50. The van der Waals surface area contributed by atoms with Gasteiger partial charge < -0.3 is 9.84 Å². The second kappa shape index (κ2) is 5.79. The normalized spacial score (nSPS) is 19.0. The van der Waals surface area contributed by atoms with Gasteiger partial charge in [-0.3, -0.25) is 4.98 Å². The molecule has 22 heavy (non-hydrogen) atoms. The van der Waals surface area contributed by atoms with Crippen LogP contribution in [0.15, 0.2) is 40.0 Å². The molecule has 3 rings (SSSR count). The van der Waals surface area contributed by atoms with Crippen LogP contribution in [0.3, 0.4) is 0 Å². The third-order valence-corrected chi connectivity index (χ3v) is 4.72. The zero-order valence-electron chi connectivity index (χ0n) is 11.5. The van der Waals surface area contributed by atoms with Gasteiger partial charge in [-0.2, -0.15) is 0 Å². The number of aliphatic hydroxyl groups excluding tert-OH is 1.